The van der Waals surface area contributed by atoms with Crippen molar-refractivity contribution in [3.63, 3.8) is 0 Å². The van der Waals surface area contributed by atoms with Crippen molar-refractivity contribution in [3.8, 4) is 28.5 Å². The largest absolute Gasteiger partial charge is 0.465 e. The van der Waals surface area contributed by atoms with Crippen molar-refractivity contribution in [2.24, 2.45) is 0 Å². The van der Waals surface area contributed by atoms with Crippen LogP contribution < -0.4 is 9.30 Å². The van der Waals surface area contributed by atoms with Gasteiger partial charge in [0.05, 0.1) is 20.3 Å². The summed E-state index contributed by atoms with van der Waals surface area (Å²) in [5, 5.41) is 12.6. The number of imidazole rings is 1. The first kappa shape index (κ1) is 25.9. The third-order valence-electron chi connectivity index (χ3n) is 6.98. The number of methoxy groups -OCH3 is 1. The Morgan fingerprint density at radius 2 is 1.63 bits per heavy atom. The number of H-pyrrole nitrogens is 1. The van der Waals surface area contributed by atoms with Gasteiger partial charge in [0.1, 0.15) is 12.1 Å². The topological polar surface area (TPSA) is 98.8 Å². The molecular formula is C32H29N6O3+. The molecule has 0 bridgehead atoms. The number of esters is 1. The van der Waals surface area contributed by atoms with Crippen LogP contribution in [0.25, 0.3) is 33.5 Å². The fourth-order valence-corrected chi connectivity index (χ4v) is 5.03. The second-order valence-corrected chi connectivity index (χ2v) is 9.53. The van der Waals surface area contributed by atoms with Gasteiger partial charge < -0.3 is 9.47 Å². The van der Waals surface area contributed by atoms with Crippen LogP contribution in [0.4, 0.5) is 0 Å². The lowest BCUT2D eigenvalue weighted by atomic mass is 9.98. The number of hydrogen-bond donors (Lipinski definition) is 1. The maximum absolute atomic E-state index is 12.4. The Morgan fingerprint density at radius 3 is 2.39 bits per heavy atom. The summed E-state index contributed by atoms with van der Waals surface area (Å²) >= 11 is 0. The van der Waals surface area contributed by atoms with Gasteiger partial charge >= 0.3 is 12.0 Å². The minimum atomic E-state index is -0.398. The number of nitrogens with zero attached hydrogens (tertiary/aromatic N) is 5. The molecule has 0 aliphatic rings. The Bertz CT molecular complexity index is 1810. The van der Waals surface area contributed by atoms with E-state index in [2.05, 4.69) is 63.0 Å². The zero-order chi connectivity index (χ0) is 28.2. The summed E-state index contributed by atoms with van der Waals surface area (Å²) in [4.78, 5) is 15.6. The van der Waals surface area contributed by atoms with Gasteiger partial charge in [-0.15, -0.1) is 5.10 Å². The molecule has 0 atom stereocenters. The number of ether oxygens (including phenoxy) is 2. The molecule has 6 rings (SSSR count). The molecule has 0 aliphatic heterocycles. The lowest BCUT2D eigenvalue weighted by molar-refractivity contribution is -0.668. The van der Waals surface area contributed by atoms with Crippen LogP contribution >= 0.6 is 0 Å². The van der Waals surface area contributed by atoms with Crippen LogP contribution in [0.5, 0.6) is 6.01 Å². The molecule has 9 nitrogen and oxygen atoms in total. The second kappa shape index (κ2) is 11.4. The maximum atomic E-state index is 12.4. The molecule has 0 saturated carbocycles. The molecule has 1 N–H and O–H groups in total. The molecule has 204 valence electrons. The van der Waals surface area contributed by atoms with Crippen molar-refractivity contribution < 1.29 is 18.8 Å². The number of benzene rings is 4. The smallest absolute Gasteiger partial charge is 0.455 e. The first-order valence-electron chi connectivity index (χ1n) is 13.4. The van der Waals surface area contributed by atoms with E-state index in [1.165, 1.54) is 7.11 Å². The van der Waals surface area contributed by atoms with Gasteiger partial charge in [-0.3, -0.25) is 0 Å². The van der Waals surface area contributed by atoms with E-state index in [-0.39, 0.29) is 0 Å². The van der Waals surface area contributed by atoms with E-state index in [0.717, 1.165) is 33.3 Å². The van der Waals surface area contributed by atoms with Crippen LogP contribution in [0.1, 0.15) is 28.4 Å². The van der Waals surface area contributed by atoms with Crippen LogP contribution in [0.2, 0.25) is 0 Å². The zero-order valence-corrected chi connectivity index (χ0v) is 22.8. The Kier molecular flexibility index (Phi) is 7.23. The number of para-hydroxylation sites is 1. The fraction of sp³-hybridized carbons (Fsp3) is 0.156. The fourth-order valence-electron chi connectivity index (χ4n) is 5.03. The van der Waals surface area contributed by atoms with Crippen LogP contribution in [0, 0.1) is 0 Å². The minimum Gasteiger partial charge on any atom is -0.465 e. The Labute approximate surface area is 237 Å². The number of fused-ring (bicyclic) bond motifs is 1. The molecule has 0 amide bonds. The minimum absolute atomic E-state index is 0.398. The molecule has 2 heterocycles. The number of carbonyl (C=O) groups excluding carboxylic acids is 1. The number of aromatic nitrogens is 6. The monoisotopic (exact) mass is 545 g/mol. The van der Waals surface area contributed by atoms with Gasteiger partial charge in [-0.1, -0.05) is 84.9 Å². The predicted octanol–water partition coefficient (Wildman–Crippen LogP) is 5.06. The van der Waals surface area contributed by atoms with E-state index in [1.54, 1.807) is 6.07 Å². The quantitative estimate of drug-likeness (QED) is 0.202. The molecule has 0 unspecified atom stereocenters. The lowest BCUT2D eigenvalue weighted by Gasteiger charge is -2.11. The van der Waals surface area contributed by atoms with Gasteiger partial charge in [0.15, 0.2) is 16.9 Å². The van der Waals surface area contributed by atoms with Gasteiger partial charge in [-0.05, 0) is 51.7 Å². The van der Waals surface area contributed by atoms with E-state index in [1.807, 2.05) is 64.7 Å². The summed E-state index contributed by atoms with van der Waals surface area (Å²) in [5.41, 5.74) is 7.27. The second-order valence-electron chi connectivity index (χ2n) is 9.53. The standard InChI is InChI=1S/C32H28N6O3/c1-3-41-32-33-29-27(31(39)40-2)14-9-15-28(29)37(32)20-23-16-18-24(19-17-23)25-12-7-8-13-26(25)30-34-35-36-38(30)21-22-10-5-4-6-11-22/h4-19H,3,20-21H2,1-2H3/p+1. The first-order chi connectivity index (χ1) is 20.2. The third kappa shape index (κ3) is 5.17. The summed E-state index contributed by atoms with van der Waals surface area (Å²) in [6.07, 6.45) is 0. The summed E-state index contributed by atoms with van der Waals surface area (Å²) in [7, 11) is 1.38. The predicted molar refractivity (Wildman–Crippen MR) is 154 cm³/mol. The number of aromatic amines is 1. The normalized spacial score (nSPS) is 11.1. The molecule has 41 heavy (non-hydrogen) atoms. The highest BCUT2D eigenvalue weighted by Gasteiger charge is 2.25. The molecule has 9 heteroatoms. The highest BCUT2D eigenvalue weighted by atomic mass is 16.5. The van der Waals surface area contributed by atoms with Crippen molar-refractivity contribution in [2.75, 3.05) is 13.7 Å². The molecule has 0 saturated heterocycles. The van der Waals surface area contributed by atoms with E-state index in [0.29, 0.717) is 42.6 Å². The highest BCUT2D eigenvalue weighted by molar-refractivity contribution is 6.01. The Hall–Kier alpha value is -5.31. The Balaban J connectivity index is 1.32. The summed E-state index contributed by atoms with van der Waals surface area (Å²) in [6, 6.07) is 32.9. The van der Waals surface area contributed by atoms with E-state index in [4.69, 9.17) is 9.47 Å². The number of rotatable bonds is 9. The highest BCUT2D eigenvalue weighted by Crippen LogP contribution is 2.31. The van der Waals surface area contributed by atoms with Crippen molar-refractivity contribution in [2.45, 2.75) is 20.0 Å². The van der Waals surface area contributed by atoms with Gasteiger partial charge in [-0.25, -0.2) is 14.5 Å². The van der Waals surface area contributed by atoms with Gasteiger partial charge in [0, 0.05) is 5.56 Å². The summed E-state index contributed by atoms with van der Waals surface area (Å²) in [5.74, 6) is 0.315. The van der Waals surface area contributed by atoms with Crippen molar-refractivity contribution in [1.29, 1.82) is 0 Å². The zero-order valence-electron chi connectivity index (χ0n) is 22.8. The average molecular weight is 546 g/mol. The summed E-state index contributed by atoms with van der Waals surface area (Å²) in [6.45, 7) is 3.55. The number of nitrogens with one attached hydrogen (secondary N) is 1. The summed E-state index contributed by atoms with van der Waals surface area (Å²) < 4.78 is 14.7. The van der Waals surface area contributed by atoms with Crippen LogP contribution in [0.3, 0.4) is 0 Å². The maximum Gasteiger partial charge on any atom is 0.455 e. The molecule has 2 aromatic heterocycles. The van der Waals surface area contributed by atoms with E-state index >= 15 is 0 Å². The van der Waals surface area contributed by atoms with Gasteiger partial charge in [0.25, 0.3) is 0 Å². The van der Waals surface area contributed by atoms with Gasteiger partial charge in [-0.2, -0.15) is 4.57 Å². The average Bonchev–Trinajstić information content (AvgIpc) is 3.62. The number of carbonyl (C=O) groups is 1. The van der Waals surface area contributed by atoms with Crippen molar-refractivity contribution in [1.82, 2.24) is 25.2 Å². The van der Waals surface area contributed by atoms with Gasteiger partial charge in [0.2, 0.25) is 0 Å². The molecule has 0 fully saturated rings. The molecule has 0 aliphatic carbocycles. The van der Waals surface area contributed by atoms with Crippen LogP contribution in [-0.4, -0.2) is 44.9 Å². The Morgan fingerprint density at radius 1 is 0.878 bits per heavy atom. The van der Waals surface area contributed by atoms with Crippen molar-refractivity contribution >= 4 is 17.0 Å². The SMILES string of the molecule is CCOc1[nH]c2c(C(=O)OC)cccc2[n+]1Cc1ccc(-c2ccccc2-c2nnnn2Cc2ccccc2)cc1. The van der Waals surface area contributed by atoms with E-state index in [9.17, 15) is 4.79 Å². The lowest BCUT2D eigenvalue weighted by Crippen LogP contribution is -2.35. The van der Waals surface area contributed by atoms with Crippen LogP contribution in [-0.2, 0) is 17.8 Å². The molecule has 0 radical (unpaired) electrons. The third-order valence-corrected chi connectivity index (χ3v) is 6.98. The molecule has 6 aromatic rings. The van der Waals surface area contributed by atoms with E-state index < -0.39 is 5.97 Å². The van der Waals surface area contributed by atoms with Crippen LogP contribution in [0.15, 0.2) is 97.1 Å². The molecular weight excluding hydrogens is 516 g/mol. The molecule has 4 aromatic carbocycles. The number of tetrazole rings is 1. The number of hydrogen-bond acceptors (Lipinski definition) is 6. The van der Waals surface area contributed by atoms with Crippen molar-refractivity contribution in [3.05, 3.63) is 114 Å². The first-order valence-corrected chi connectivity index (χ1v) is 13.4. The molecule has 0 spiro atoms.